The van der Waals surface area contributed by atoms with Crippen molar-refractivity contribution in [1.82, 2.24) is 9.21 Å². The fourth-order valence-electron chi connectivity index (χ4n) is 4.93. The molecule has 0 aromatic carbocycles. The maximum absolute atomic E-state index is 10.3. The molecular formula is C20H38N2O2S. The van der Waals surface area contributed by atoms with Crippen LogP contribution in [0.1, 0.15) is 66.2 Å². The van der Waals surface area contributed by atoms with Crippen LogP contribution in [-0.2, 0) is 4.18 Å². The number of hydrogen-bond acceptors (Lipinski definition) is 5. The van der Waals surface area contributed by atoms with Crippen molar-refractivity contribution in [2.24, 2.45) is 16.7 Å². The molecule has 0 bridgehead atoms. The SMILES string of the molecule is CC1CCC(C)(COSN2CCN(C3CCCCC3O)CC2)C1(C)C. The fraction of sp³-hybridized carbons (Fsp3) is 1.00. The Balaban J connectivity index is 1.40. The molecule has 0 amide bonds. The van der Waals surface area contributed by atoms with Crippen LogP contribution in [0.5, 0.6) is 0 Å². The summed E-state index contributed by atoms with van der Waals surface area (Å²) in [5.74, 6) is 0.775. The number of aliphatic hydroxyl groups is 1. The van der Waals surface area contributed by atoms with Crippen LogP contribution in [0, 0.1) is 16.7 Å². The Labute approximate surface area is 159 Å². The number of nitrogens with zero attached hydrogens (tertiary/aromatic N) is 2. The van der Waals surface area contributed by atoms with Crippen LogP contribution in [0.2, 0.25) is 0 Å². The largest absolute Gasteiger partial charge is 0.391 e. The van der Waals surface area contributed by atoms with E-state index in [9.17, 15) is 5.11 Å². The molecule has 2 saturated carbocycles. The van der Waals surface area contributed by atoms with Crippen LogP contribution in [0.3, 0.4) is 0 Å². The highest BCUT2D eigenvalue weighted by Gasteiger charge is 2.49. The molecule has 4 atom stereocenters. The van der Waals surface area contributed by atoms with Gasteiger partial charge in [0.25, 0.3) is 0 Å². The van der Waals surface area contributed by atoms with Crippen molar-refractivity contribution in [3.8, 4) is 0 Å². The van der Waals surface area contributed by atoms with E-state index in [-0.39, 0.29) is 11.5 Å². The van der Waals surface area contributed by atoms with E-state index in [0.717, 1.165) is 51.5 Å². The predicted octanol–water partition coefficient (Wildman–Crippen LogP) is 3.95. The topological polar surface area (TPSA) is 35.9 Å². The summed E-state index contributed by atoms with van der Waals surface area (Å²) in [6.07, 6.45) is 7.08. The summed E-state index contributed by atoms with van der Waals surface area (Å²) < 4.78 is 8.48. The second-order valence-electron chi connectivity index (χ2n) is 9.44. The quantitative estimate of drug-likeness (QED) is 0.586. The van der Waals surface area contributed by atoms with Crippen molar-refractivity contribution in [1.29, 1.82) is 0 Å². The van der Waals surface area contributed by atoms with Crippen LogP contribution in [-0.4, -0.2) is 59.2 Å². The smallest absolute Gasteiger partial charge is 0.0820 e. The first kappa shape index (κ1) is 19.9. The highest BCUT2D eigenvalue weighted by atomic mass is 32.2. The van der Waals surface area contributed by atoms with Gasteiger partial charge < -0.3 is 9.29 Å². The van der Waals surface area contributed by atoms with Crippen LogP contribution in [0.15, 0.2) is 0 Å². The van der Waals surface area contributed by atoms with Crippen molar-refractivity contribution in [3.05, 3.63) is 0 Å². The van der Waals surface area contributed by atoms with E-state index < -0.39 is 0 Å². The third-order valence-electron chi connectivity index (χ3n) is 7.89. The number of hydrogen-bond donors (Lipinski definition) is 1. The molecule has 1 aliphatic heterocycles. The molecule has 5 heteroatoms. The van der Waals surface area contributed by atoms with Gasteiger partial charge in [-0.15, -0.1) is 0 Å². The summed E-state index contributed by atoms with van der Waals surface area (Å²) >= 11 is 1.58. The van der Waals surface area contributed by atoms with Gasteiger partial charge in [0, 0.05) is 32.2 Å². The number of aliphatic hydroxyl groups excluding tert-OH is 1. The van der Waals surface area contributed by atoms with E-state index in [0.29, 0.717) is 11.5 Å². The van der Waals surface area contributed by atoms with E-state index in [1.165, 1.54) is 25.7 Å². The summed E-state index contributed by atoms with van der Waals surface area (Å²) in [5, 5.41) is 10.3. The lowest BCUT2D eigenvalue weighted by Gasteiger charge is -2.43. The summed E-state index contributed by atoms with van der Waals surface area (Å²) in [6, 6.07) is 0.390. The average molecular weight is 371 g/mol. The highest BCUT2D eigenvalue weighted by molar-refractivity contribution is 7.92. The first-order chi connectivity index (χ1) is 11.8. The Morgan fingerprint density at radius 2 is 1.72 bits per heavy atom. The molecule has 1 N–H and O–H groups in total. The molecule has 4 nitrogen and oxygen atoms in total. The standard InChI is InChI=1S/C20H38N2O2S/c1-16-9-10-20(4,19(16,2)3)15-24-25-22-13-11-21(12-14-22)17-7-5-6-8-18(17)23/h16-18,23H,5-15H2,1-4H3. The Bertz CT molecular complexity index is 439. The molecule has 0 radical (unpaired) electrons. The molecule has 1 heterocycles. The van der Waals surface area contributed by atoms with Crippen LogP contribution in [0.25, 0.3) is 0 Å². The molecule has 0 aromatic rings. The van der Waals surface area contributed by atoms with Gasteiger partial charge >= 0.3 is 0 Å². The van der Waals surface area contributed by atoms with Crippen LogP contribution in [0.4, 0.5) is 0 Å². The molecule has 25 heavy (non-hydrogen) atoms. The van der Waals surface area contributed by atoms with Crippen LogP contribution >= 0.6 is 12.2 Å². The van der Waals surface area contributed by atoms with Gasteiger partial charge in [0.2, 0.25) is 0 Å². The molecule has 4 unspecified atom stereocenters. The van der Waals surface area contributed by atoms with Gasteiger partial charge in [0.1, 0.15) is 0 Å². The normalized spacial score (nSPS) is 40.4. The van der Waals surface area contributed by atoms with Crippen molar-refractivity contribution < 1.29 is 9.29 Å². The van der Waals surface area contributed by atoms with Gasteiger partial charge in [-0.2, -0.15) is 0 Å². The molecule has 3 fully saturated rings. The lowest BCUT2D eigenvalue weighted by molar-refractivity contribution is 0.00568. The van der Waals surface area contributed by atoms with Crippen LogP contribution < -0.4 is 0 Å². The zero-order valence-corrected chi connectivity index (χ0v) is 17.5. The van der Waals surface area contributed by atoms with Gasteiger partial charge in [-0.3, -0.25) is 4.90 Å². The van der Waals surface area contributed by atoms with Crippen molar-refractivity contribution in [3.63, 3.8) is 0 Å². The third kappa shape index (κ3) is 4.21. The maximum atomic E-state index is 10.3. The Kier molecular flexibility index (Phi) is 6.42. The van der Waals surface area contributed by atoms with Gasteiger partial charge in [-0.1, -0.05) is 40.5 Å². The van der Waals surface area contributed by atoms with Gasteiger partial charge in [0.15, 0.2) is 0 Å². The van der Waals surface area contributed by atoms with Gasteiger partial charge in [-0.05, 0) is 42.4 Å². The summed E-state index contributed by atoms with van der Waals surface area (Å²) in [6.45, 7) is 14.6. The maximum Gasteiger partial charge on any atom is 0.0820 e. The van der Waals surface area contributed by atoms with E-state index >= 15 is 0 Å². The average Bonchev–Trinajstić information content (AvgIpc) is 2.79. The molecule has 2 aliphatic carbocycles. The monoisotopic (exact) mass is 370 g/mol. The van der Waals surface area contributed by atoms with E-state index in [4.69, 9.17) is 4.18 Å². The molecule has 146 valence electrons. The zero-order valence-electron chi connectivity index (χ0n) is 16.7. The second kappa shape index (κ2) is 8.05. The molecule has 0 spiro atoms. The highest BCUT2D eigenvalue weighted by Crippen LogP contribution is 2.56. The Morgan fingerprint density at radius 1 is 1.04 bits per heavy atom. The van der Waals surface area contributed by atoms with E-state index in [1.54, 1.807) is 12.2 Å². The van der Waals surface area contributed by atoms with E-state index in [1.807, 2.05) is 0 Å². The molecule has 3 aliphatic rings. The summed E-state index contributed by atoms with van der Waals surface area (Å²) in [4.78, 5) is 2.50. The minimum atomic E-state index is -0.115. The first-order valence-corrected chi connectivity index (χ1v) is 11.0. The predicted molar refractivity (Wildman–Crippen MR) is 105 cm³/mol. The number of piperazine rings is 1. The van der Waals surface area contributed by atoms with Gasteiger partial charge in [0.05, 0.1) is 24.9 Å². The van der Waals surface area contributed by atoms with Crippen molar-refractivity contribution in [2.45, 2.75) is 78.4 Å². The summed E-state index contributed by atoms with van der Waals surface area (Å²) in [5.41, 5.74) is 0.636. The molecule has 1 saturated heterocycles. The minimum absolute atomic E-state index is 0.115. The molecule has 3 rings (SSSR count). The Hall–Kier alpha value is 0.190. The molecular weight excluding hydrogens is 332 g/mol. The summed E-state index contributed by atoms with van der Waals surface area (Å²) in [7, 11) is 0. The first-order valence-electron chi connectivity index (χ1n) is 10.3. The fourth-order valence-corrected chi connectivity index (χ4v) is 5.70. The second-order valence-corrected chi connectivity index (χ2v) is 10.3. The lowest BCUT2D eigenvalue weighted by Crippen LogP contribution is -2.53. The van der Waals surface area contributed by atoms with Crippen molar-refractivity contribution in [2.75, 3.05) is 32.8 Å². The third-order valence-corrected chi connectivity index (χ3v) is 8.69. The Morgan fingerprint density at radius 3 is 2.32 bits per heavy atom. The van der Waals surface area contributed by atoms with Crippen molar-refractivity contribution >= 4 is 12.2 Å². The minimum Gasteiger partial charge on any atom is -0.391 e. The number of rotatable bonds is 5. The van der Waals surface area contributed by atoms with E-state index in [2.05, 4.69) is 36.9 Å². The lowest BCUT2D eigenvalue weighted by atomic mass is 9.67. The van der Waals surface area contributed by atoms with Gasteiger partial charge in [-0.25, -0.2) is 4.31 Å². The molecule has 0 aromatic heterocycles. The zero-order chi connectivity index (χ0) is 18.1.